The van der Waals surface area contributed by atoms with Crippen molar-refractivity contribution in [3.05, 3.63) is 34.6 Å². The van der Waals surface area contributed by atoms with Crippen molar-refractivity contribution in [2.75, 3.05) is 32.4 Å². The van der Waals surface area contributed by atoms with E-state index in [1.165, 1.54) is 12.1 Å². The molecule has 1 aromatic rings. The number of guanidine groups is 1. The maximum absolute atomic E-state index is 13.2. The molecular weight excluding hydrogens is 367 g/mol. The molecule has 9 heteroatoms. The molecule has 6 nitrogen and oxygen atoms in total. The summed E-state index contributed by atoms with van der Waals surface area (Å²) in [5.74, 6) is 0.221. The van der Waals surface area contributed by atoms with Crippen molar-refractivity contribution in [2.45, 2.75) is 26.2 Å². The van der Waals surface area contributed by atoms with Gasteiger partial charge in [0.1, 0.15) is 5.82 Å². The van der Waals surface area contributed by atoms with Gasteiger partial charge in [-0.2, -0.15) is 0 Å². The van der Waals surface area contributed by atoms with E-state index in [1.807, 2.05) is 13.8 Å². The summed E-state index contributed by atoms with van der Waals surface area (Å²) in [5.41, 5.74) is 0.473. The van der Waals surface area contributed by atoms with Crippen LogP contribution in [0, 0.1) is 5.82 Å². The molecule has 0 aliphatic rings. The lowest BCUT2D eigenvalue weighted by molar-refractivity contribution is 0.507. The highest BCUT2D eigenvalue weighted by molar-refractivity contribution is 7.89. The highest BCUT2D eigenvalue weighted by atomic mass is 35.5. The number of sulfonamides is 1. The smallest absolute Gasteiger partial charge is 0.211 e. The molecule has 0 amide bonds. The zero-order valence-electron chi connectivity index (χ0n) is 15.0. The van der Waals surface area contributed by atoms with Crippen molar-refractivity contribution in [3.63, 3.8) is 0 Å². The molecule has 0 aromatic heterocycles. The number of hydrogen-bond donors (Lipinski definition) is 3. The normalized spacial score (nSPS) is 13.0. The number of nitrogens with one attached hydrogen (secondary N) is 3. The molecule has 142 valence electrons. The van der Waals surface area contributed by atoms with Crippen molar-refractivity contribution in [3.8, 4) is 0 Å². The third kappa shape index (κ3) is 7.17. The molecule has 1 aromatic carbocycles. The summed E-state index contributed by atoms with van der Waals surface area (Å²) in [6.07, 6.45) is 0. The van der Waals surface area contributed by atoms with E-state index >= 15 is 0 Å². The molecule has 1 rings (SSSR count). The fraction of sp³-hybridized carbons (Fsp3) is 0.562. The Morgan fingerprint density at radius 2 is 1.96 bits per heavy atom. The first kappa shape index (κ1) is 21.7. The van der Waals surface area contributed by atoms with E-state index in [9.17, 15) is 12.8 Å². The quantitative estimate of drug-likeness (QED) is 0.358. The first-order valence-corrected chi connectivity index (χ1v) is 10.0. The Kier molecular flexibility index (Phi) is 8.11. The number of rotatable bonds is 8. The van der Waals surface area contributed by atoms with Crippen LogP contribution in [0.2, 0.25) is 5.02 Å². The summed E-state index contributed by atoms with van der Waals surface area (Å²) >= 11 is 6.14. The molecular formula is C16H26ClFN4O2S. The van der Waals surface area contributed by atoms with Gasteiger partial charge in [-0.15, -0.1) is 0 Å². The number of halogens is 2. The van der Waals surface area contributed by atoms with Gasteiger partial charge in [0, 0.05) is 37.1 Å². The second-order valence-electron chi connectivity index (χ2n) is 6.16. The zero-order chi connectivity index (χ0) is 19.1. The van der Waals surface area contributed by atoms with Gasteiger partial charge < -0.3 is 10.6 Å². The molecule has 0 fully saturated rings. The van der Waals surface area contributed by atoms with Crippen molar-refractivity contribution < 1.29 is 12.8 Å². The Morgan fingerprint density at radius 3 is 2.52 bits per heavy atom. The predicted octanol–water partition coefficient (Wildman–Crippen LogP) is 1.86. The van der Waals surface area contributed by atoms with Gasteiger partial charge >= 0.3 is 0 Å². The largest absolute Gasteiger partial charge is 0.356 e. The highest BCUT2D eigenvalue weighted by Crippen LogP contribution is 2.29. The monoisotopic (exact) mass is 392 g/mol. The first-order chi connectivity index (χ1) is 11.6. The molecule has 0 saturated heterocycles. The summed E-state index contributed by atoms with van der Waals surface area (Å²) in [7, 11) is -1.57. The van der Waals surface area contributed by atoms with E-state index in [4.69, 9.17) is 11.6 Å². The summed E-state index contributed by atoms with van der Waals surface area (Å²) in [6.45, 7) is 6.74. The molecule has 0 unspecified atom stereocenters. The molecule has 0 bridgehead atoms. The molecule has 0 heterocycles. The number of nitrogens with zero attached hydrogens (tertiary/aromatic N) is 1. The van der Waals surface area contributed by atoms with E-state index in [0.29, 0.717) is 24.1 Å². The van der Waals surface area contributed by atoms with Crippen LogP contribution < -0.4 is 15.4 Å². The fourth-order valence-electron chi connectivity index (χ4n) is 2.15. The minimum absolute atomic E-state index is 0.0482. The van der Waals surface area contributed by atoms with Crippen LogP contribution in [-0.2, 0) is 15.4 Å². The molecule has 25 heavy (non-hydrogen) atoms. The average molecular weight is 393 g/mol. The van der Waals surface area contributed by atoms with Gasteiger partial charge in [0.15, 0.2) is 5.96 Å². The van der Waals surface area contributed by atoms with Crippen molar-refractivity contribution >= 4 is 27.6 Å². The van der Waals surface area contributed by atoms with E-state index in [-0.39, 0.29) is 23.5 Å². The van der Waals surface area contributed by atoms with Gasteiger partial charge in [-0.25, -0.2) is 17.5 Å². The van der Waals surface area contributed by atoms with Crippen LogP contribution in [0.15, 0.2) is 23.2 Å². The van der Waals surface area contributed by atoms with Crippen LogP contribution in [0.5, 0.6) is 0 Å². The van der Waals surface area contributed by atoms with Crippen LogP contribution >= 0.6 is 11.6 Å². The van der Waals surface area contributed by atoms with Crippen LogP contribution in [0.3, 0.4) is 0 Å². The molecule has 0 atom stereocenters. The minimum atomic E-state index is -3.20. The summed E-state index contributed by atoms with van der Waals surface area (Å²) in [4.78, 5) is 4.10. The van der Waals surface area contributed by atoms with E-state index in [2.05, 4.69) is 20.3 Å². The lowest BCUT2D eigenvalue weighted by atomic mass is 9.84. The average Bonchev–Trinajstić information content (AvgIpc) is 2.53. The van der Waals surface area contributed by atoms with E-state index < -0.39 is 10.0 Å². The number of aliphatic imine (C=N–C) groups is 1. The Balaban J connectivity index is 2.56. The predicted molar refractivity (Wildman–Crippen MR) is 101 cm³/mol. The van der Waals surface area contributed by atoms with E-state index in [0.717, 1.165) is 5.56 Å². The van der Waals surface area contributed by atoms with Crippen molar-refractivity contribution in [1.82, 2.24) is 15.4 Å². The van der Waals surface area contributed by atoms with Crippen LogP contribution in [-0.4, -0.2) is 46.8 Å². The lowest BCUT2D eigenvalue weighted by Crippen LogP contribution is -2.45. The summed E-state index contributed by atoms with van der Waals surface area (Å²) < 4.78 is 38.4. The minimum Gasteiger partial charge on any atom is -0.356 e. The van der Waals surface area contributed by atoms with Crippen LogP contribution in [0.25, 0.3) is 0 Å². The standard InChI is InChI=1S/C16H26ClFN4O2S/c1-5-25(23,24)22-9-8-20-15(19-4)21-11-16(2,3)13-7-6-12(18)10-14(13)17/h6-7,10,22H,5,8-9,11H2,1-4H3,(H2,19,20,21). The maximum Gasteiger partial charge on any atom is 0.211 e. The molecule has 3 N–H and O–H groups in total. The number of benzene rings is 1. The van der Waals surface area contributed by atoms with Crippen molar-refractivity contribution in [1.29, 1.82) is 0 Å². The third-order valence-electron chi connectivity index (χ3n) is 3.70. The molecule has 0 saturated carbocycles. The van der Waals surface area contributed by atoms with E-state index in [1.54, 1.807) is 20.0 Å². The van der Waals surface area contributed by atoms with Gasteiger partial charge in [-0.3, -0.25) is 4.99 Å². The van der Waals surface area contributed by atoms with Crippen LogP contribution in [0.4, 0.5) is 4.39 Å². The Labute approximate surface area is 154 Å². The van der Waals surface area contributed by atoms with Gasteiger partial charge in [-0.05, 0) is 24.6 Å². The topological polar surface area (TPSA) is 82.6 Å². The van der Waals surface area contributed by atoms with Gasteiger partial charge in [0.25, 0.3) is 0 Å². The Bertz CT molecular complexity index is 708. The summed E-state index contributed by atoms with van der Waals surface area (Å²) in [6, 6.07) is 4.36. The molecule has 0 radical (unpaired) electrons. The Hall–Kier alpha value is -1.38. The van der Waals surface area contributed by atoms with Gasteiger partial charge in [0.2, 0.25) is 10.0 Å². The molecule has 0 aliphatic heterocycles. The fourth-order valence-corrected chi connectivity index (χ4v) is 3.19. The SMILES string of the molecule is CCS(=O)(=O)NCCNC(=NC)NCC(C)(C)c1ccc(F)cc1Cl. The molecule has 0 spiro atoms. The molecule has 0 aliphatic carbocycles. The second-order valence-corrected chi connectivity index (χ2v) is 8.66. The lowest BCUT2D eigenvalue weighted by Gasteiger charge is -2.27. The van der Waals surface area contributed by atoms with Crippen LogP contribution in [0.1, 0.15) is 26.3 Å². The zero-order valence-corrected chi connectivity index (χ0v) is 16.6. The second kappa shape index (κ2) is 9.35. The highest BCUT2D eigenvalue weighted by Gasteiger charge is 2.24. The summed E-state index contributed by atoms with van der Waals surface area (Å²) in [5, 5.41) is 6.58. The number of hydrogen-bond acceptors (Lipinski definition) is 3. The maximum atomic E-state index is 13.2. The van der Waals surface area contributed by atoms with Gasteiger partial charge in [-0.1, -0.05) is 31.5 Å². The van der Waals surface area contributed by atoms with Gasteiger partial charge in [0.05, 0.1) is 5.75 Å². The Morgan fingerprint density at radius 1 is 1.28 bits per heavy atom. The first-order valence-electron chi connectivity index (χ1n) is 7.98. The van der Waals surface area contributed by atoms with Crippen molar-refractivity contribution in [2.24, 2.45) is 4.99 Å². The third-order valence-corrected chi connectivity index (χ3v) is 5.42.